The van der Waals surface area contributed by atoms with E-state index in [9.17, 15) is 9.59 Å². The van der Waals surface area contributed by atoms with Crippen LogP contribution in [0.25, 0.3) is 0 Å². The van der Waals surface area contributed by atoms with Crippen molar-refractivity contribution in [3.05, 3.63) is 95.6 Å². The van der Waals surface area contributed by atoms with Crippen LogP contribution in [0.4, 0.5) is 0 Å². The van der Waals surface area contributed by atoms with Crippen molar-refractivity contribution in [3.8, 4) is 11.5 Å². The molecule has 0 aromatic heterocycles. The van der Waals surface area contributed by atoms with E-state index in [1.54, 1.807) is 6.07 Å². The molecule has 0 atom stereocenters. The number of amides is 2. The molecule has 3 rings (SSSR count). The van der Waals surface area contributed by atoms with Crippen LogP contribution in [0.3, 0.4) is 0 Å². The maximum Gasteiger partial charge on any atom is 0.258 e. The van der Waals surface area contributed by atoms with Crippen molar-refractivity contribution in [3.63, 3.8) is 0 Å². The number of nitrogens with two attached hydrogens (primary N) is 1. The summed E-state index contributed by atoms with van der Waals surface area (Å²) in [5.74, 6) is -0.282. The van der Waals surface area contributed by atoms with Gasteiger partial charge in [0.1, 0.15) is 11.5 Å². The molecule has 0 aliphatic carbocycles. The summed E-state index contributed by atoms with van der Waals surface area (Å²) in [6.07, 6.45) is 0. The predicted molar refractivity (Wildman–Crippen MR) is 110 cm³/mol. The van der Waals surface area contributed by atoms with Gasteiger partial charge in [-0.05, 0) is 23.3 Å². The molecule has 3 aromatic rings. The van der Waals surface area contributed by atoms with Crippen LogP contribution < -0.4 is 20.5 Å². The van der Waals surface area contributed by atoms with Gasteiger partial charge in [0, 0.05) is 6.07 Å². The summed E-state index contributed by atoms with van der Waals surface area (Å²) in [7, 11) is 1.50. The number of hydrogen-bond donors (Lipinski definition) is 2. The number of nitrogens with one attached hydrogen (secondary N) is 1. The molecule has 0 aliphatic heterocycles. The molecule has 0 bridgehead atoms. The number of benzene rings is 3. The lowest BCUT2D eigenvalue weighted by Crippen LogP contribution is -2.33. The maximum absolute atomic E-state index is 12.6. The highest BCUT2D eigenvalue weighted by Gasteiger charge is 2.18. The molecule has 6 nitrogen and oxygen atoms in total. The van der Waals surface area contributed by atoms with Crippen LogP contribution >= 0.6 is 0 Å². The number of primary amides is 1. The number of ether oxygens (including phenoxy) is 2. The van der Waals surface area contributed by atoms with Gasteiger partial charge >= 0.3 is 0 Å². The summed E-state index contributed by atoms with van der Waals surface area (Å²) in [4.78, 5) is 24.2. The first-order valence-corrected chi connectivity index (χ1v) is 9.08. The van der Waals surface area contributed by atoms with Crippen LogP contribution in [0, 0.1) is 0 Å². The SMILES string of the molecule is COc1ccc(C(N)=O)c(OCC(=O)NC(c2ccccc2)c2ccccc2)c1. The van der Waals surface area contributed by atoms with Crippen molar-refractivity contribution in [2.24, 2.45) is 5.73 Å². The molecule has 0 radical (unpaired) electrons. The fourth-order valence-electron chi connectivity index (χ4n) is 2.95. The van der Waals surface area contributed by atoms with Crippen LogP contribution in [0.2, 0.25) is 0 Å². The van der Waals surface area contributed by atoms with Gasteiger partial charge in [0.2, 0.25) is 0 Å². The fraction of sp³-hybridized carbons (Fsp3) is 0.130. The lowest BCUT2D eigenvalue weighted by Gasteiger charge is -2.20. The van der Waals surface area contributed by atoms with Gasteiger partial charge in [-0.2, -0.15) is 0 Å². The Bertz CT molecular complexity index is 935. The van der Waals surface area contributed by atoms with Gasteiger partial charge in [0.25, 0.3) is 11.8 Å². The number of carbonyl (C=O) groups excluding carboxylic acids is 2. The number of carbonyl (C=O) groups is 2. The van der Waals surface area contributed by atoms with Crippen LogP contribution in [0.1, 0.15) is 27.5 Å². The summed E-state index contributed by atoms with van der Waals surface area (Å²) >= 11 is 0. The van der Waals surface area contributed by atoms with E-state index in [1.807, 2.05) is 60.7 Å². The molecule has 0 heterocycles. The smallest absolute Gasteiger partial charge is 0.258 e. The first-order chi connectivity index (χ1) is 14.1. The average Bonchev–Trinajstić information content (AvgIpc) is 2.76. The van der Waals surface area contributed by atoms with E-state index in [0.29, 0.717) is 5.75 Å². The molecule has 3 N–H and O–H groups in total. The Morgan fingerprint density at radius 2 is 1.52 bits per heavy atom. The number of rotatable bonds is 8. The molecule has 0 fully saturated rings. The van der Waals surface area contributed by atoms with E-state index in [4.69, 9.17) is 15.2 Å². The lowest BCUT2D eigenvalue weighted by molar-refractivity contribution is -0.123. The van der Waals surface area contributed by atoms with E-state index in [-0.39, 0.29) is 29.9 Å². The van der Waals surface area contributed by atoms with Gasteiger partial charge in [-0.1, -0.05) is 60.7 Å². The van der Waals surface area contributed by atoms with Crippen LogP contribution in [0.5, 0.6) is 11.5 Å². The van der Waals surface area contributed by atoms with Crippen molar-refractivity contribution in [2.75, 3.05) is 13.7 Å². The van der Waals surface area contributed by atoms with Crippen LogP contribution in [0.15, 0.2) is 78.9 Å². The van der Waals surface area contributed by atoms with Crippen molar-refractivity contribution in [1.29, 1.82) is 0 Å². The van der Waals surface area contributed by atoms with E-state index >= 15 is 0 Å². The molecule has 148 valence electrons. The normalized spacial score (nSPS) is 10.4. The molecule has 0 unspecified atom stereocenters. The van der Waals surface area contributed by atoms with Gasteiger partial charge in [-0.25, -0.2) is 0 Å². The van der Waals surface area contributed by atoms with Gasteiger partial charge < -0.3 is 20.5 Å². The van der Waals surface area contributed by atoms with E-state index < -0.39 is 5.91 Å². The Labute approximate surface area is 169 Å². The molecular formula is C23H22N2O4. The van der Waals surface area contributed by atoms with E-state index in [2.05, 4.69) is 5.32 Å². The second-order valence-corrected chi connectivity index (χ2v) is 6.34. The first-order valence-electron chi connectivity index (χ1n) is 9.08. The third kappa shape index (κ3) is 5.13. The molecular weight excluding hydrogens is 368 g/mol. The number of hydrogen-bond acceptors (Lipinski definition) is 4. The molecule has 29 heavy (non-hydrogen) atoms. The highest BCUT2D eigenvalue weighted by Crippen LogP contribution is 2.25. The third-order valence-electron chi connectivity index (χ3n) is 4.38. The molecule has 6 heteroatoms. The maximum atomic E-state index is 12.6. The fourth-order valence-corrected chi connectivity index (χ4v) is 2.95. The molecule has 2 amide bonds. The van der Waals surface area contributed by atoms with Crippen molar-refractivity contribution in [2.45, 2.75) is 6.04 Å². The Hall–Kier alpha value is -3.80. The van der Waals surface area contributed by atoms with E-state index in [0.717, 1.165) is 11.1 Å². The Balaban J connectivity index is 1.76. The molecule has 3 aromatic carbocycles. The van der Waals surface area contributed by atoms with Crippen LogP contribution in [-0.2, 0) is 4.79 Å². The van der Waals surface area contributed by atoms with Crippen molar-refractivity contribution in [1.82, 2.24) is 5.32 Å². The summed E-state index contributed by atoms with van der Waals surface area (Å²) in [6.45, 7) is -0.274. The largest absolute Gasteiger partial charge is 0.497 e. The zero-order valence-electron chi connectivity index (χ0n) is 16.0. The molecule has 0 spiro atoms. The molecule has 0 saturated heterocycles. The highest BCUT2D eigenvalue weighted by atomic mass is 16.5. The Morgan fingerprint density at radius 1 is 0.931 bits per heavy atom. The summed E-state index contributed by atoms with van der Waals surface area (Å²) in [5, 5.41) is 2.99. The predicted octanol–water partition coefficient (Wildman–Crippen LogP) is 3.08. The average molecular weight is 390 g/mol. The van der Waals surface area contributed by atoms with Crippen LogP contribution in [-0.4, -0.2) is 25.5 Å². The summed E-state index contributed by atoms with van der Waals surface area (Å²) in [6, 6.07) is 23.6. The second-order valence-electron chi connectivity index (χ2n) is 6.34. The Kier molecular flexibility index (Phi) is 6.47. The minimum atomic E-state index is -0.644. The topological polar surface area (TPSA) is 90.7 Å². The van der Waals surface area contributed by atoms with Gasteiger partial charge in [0.15, 0.2) is 6.61 Å². The third-order valence-corrected chi connectivity index (χ3v) is 4.38. The molecule has 0 aliphatic rings. The quantitative estimate of drug-likeness (QED) is 0.618. The highest BCUT2D eigenvalue weighted by molar-refractivity contribution is 5.96. The first kappa shape index (κ1) is 19.9. The standard InChI is InChI=1S/C23H22N2O4/c1-28-18-12-13-19(23(24)27)20(14-18)29-15-21(26)25-22(16-8-4-2-5-9-16)17-10-6-3-7-11-17/h2-14,22H,15H2,1H3,(H2,24,27)(H,25,26). The number of methoxy groups -OCH3 is 1. The van der Waals surface area contributed by atoms with Crippen molar-refractivity contribution >= 4 is 11.8 Å². The lowest BCUT2D eigenvalue weighted by atomic mass is 9.99. The summed E-state index contributed by atoms with van der Waals surface area (Å²) in [5.41, 5.74) is 7.47. The zero-order valence-corrected chi connectivity index (χ0v) is 16.0. The zero-order chi connectivity index (χ0) is 20.6. The Morgan fingerprint density at radius 3 is 2.03 bits per heavy atom. The monoisotopic (exact) mass is 390 g/mol. The summed E-state index contributed by atoms with van der Waals surface area (Å²) < 4.78 is 10.7. The van der Waals surface area contributed by atoms with Gasteiger partial charge in [-0.15, -0.1) is 0 Å². The van der Waals surface area contributed by atoms with Gasteiger partial charge in [-0.3, -0.25) is 9.59 Å². The van der Waals surface area contributed by atoms with Gasteiger partial charge in [0.05, 0.1) is 18.7 Å². The second kappa shape index (κ2) is 9.41. The van der Waals surface area contributed by atoms with Crippen molar-refractivity contribution < 1.29 is 19.1 Å². The van der Waals surface area contributed by atoms with E-state index in [1.165, 1.54) is 19.2 Å². The molecule has 0 saturated carbocycles. The minimum Gasteiger partial charge on any atom is -0.497 e. The minimum absolute atomic E-state index is 0.182.